The van der Waals surface area contributed by atoms with Crippen molar-refractivity contribution < 1.29 is 19.1 Å². The van der Waals surface area contributed by atoms with Gasteiger partial charge >= 0.3 is 5.97 Å². The molecule has 0 unspecified atom stereocenters. The molecule has 0 radical (unpaired) electrons. The number of primary amides is 1. The van der Waals surface area contributed by atoms with E-state index < -0.39 is 24.4 Å². The number of benzene rings is 1. The molecular formula is C19H16Cl2N2O4S. The number of amides is 2. The van der Waals surface area contributed by atoms with Gasteiger partial charge in [-0.05, 0) is 48.6 Å². The van der Waals surface area contributed by atoms with Gasteiger partial charge in [0.1, 0.15) is 5.00 Å². The molecule has 1 aliphatic rings. The number of fused-ring (bicyclic) bond motifs is 1. The van der Waals surface area contributed by atoms with Gasteiger partial charge < -0.3 is 15.8 Å². The monoisotopic (exact) mass is 438 g/mol. The van der Waals surface area contributed by atoms with E-state index in [4.69, 9.17) is 33.7 Å². The SMILES string of the molecule is NC(=O)c1c(NC(=O)COC(=O)/C=C/c2ccc(Cl)c(Cl)c2)sc2c1CCC2. The third-order valence-corrected chi connectivity index (χ3v) is 6.07. The van der Waals surface area contributed by atoms with Gasteiger partial charge in [-0.25, -0.2) is 4.79 Å². The molecular weight excluding hydrogens is 423 g/mol. The molecule has 28 heavy (non-hydrogen) atoms. The second-order valence-corrected chi connectivity index (χ2v) is 8.01. The largest absolute Gasteiger partial charge is 0.452 e. The molecule has 0 fully saturated rings. The van der Waals surface area contributed by atoms with E-state index in [1.54, 1.807) is 18.2 Å². The highest BCUT2D eigenvalue weighted by atomic mass is 35.5. The van der Waals surface area contributed by atoms with Crippen molar-refractivity contribution in [2.75, 3.05) is 11.9 Å². The predicted molar refractivity (Wildman–Crippen MR) is 110 cm³/mol. The van der Waals surface area contributed by atoms with E-state index in [2.05, 4.69) is 5.32 Å². The van der Waals surface area contributed by atoms with Crippen LogP contribution in [0.2, 0.25) is 10.0 Å². The summed E-state index contributed by atoms with van der Waals surface area (Å²) < 4.78 is 4.92. The highest BCUT2D eigenvalue weighted by Gasteiger charge is 2.26. The Kier molecular flexibility index (Phi) is 6.39. The van der Waals surface area contributed by atoms with Crippen molar-refractivity contribution >= 4 is 63.4 Å². The number of nitrogens with two attached hydrogens (primary N) is 1. The zero-order chi connectivity index (χ0) is 20.3. The minimum absolute atomic E-state index is 0.358. The molecule has 0 spiro atoms. The van der Waals surface area contributed by atoms with E-state index in [0.29, 0.717) is 26.2 Å². The average Bonchev–Trinajstić information content (AvgIpc) is 3.21. The lowest BCUT2D eigenvalue weighted by Gasteiger charge is -2.06. The maximum Gasteiger partial charge on any atom is 0.331 e. The first kappa shape index (κ1) is 20.4. The molecule has 0 saturated heterocycles. The van der Waals surface area contributed by atoms with Gasteiger partial charge in [-0.2, -0.15) is 0 Å². The van der Waals surface area contributed by atoms with Crippen LogP contribution in [0.25, 0.3) is 6.08 Å². The number of aryl methyl sites for hydroxylation is 1. The Bertz CT molecular complexity index is 985. The molecule has 9 heteroatoms. The number of anilines is 1. The van der Waals surface area contributed by atoms with Gasteiger partial charge in [0.2, 0.25) is 0 Å². The summed E-state index contributed by atoms with van der Waals surface area (Å²) in [5.41, 5.74) is 7.38. The number of esters is 1. The van der Waals surface area contributed by atoms with Crippen molar-refractivity contribution in [2.24, 2.45) is 5.73 Å². The van der Waals surface area contributed by atoms with Crippen LogP contribution in [0.3, 0.4) is 0 Å². The molecule has 1 aromatic carbocycles. The fraction of sp³-hybridized carbons (Fsp3) is 0.211. The van der Waals surface area contributed by atoms with Crippen molar-refractivity contribution in [1.82, 2.24) is 0 Å². The minimum Gasteiger partial charge on any atom is -0.452 e. The molecule has 0 atom stereocenters. The summed E-state index contributed by atoms with van der Waals surface area (Å²) in [6, 6.07) is 4.89. The number of rotatable bonds is 6. The number of carbonyl (C=O) groups is 3. The lowest BCUT2D eigenvalue weighted by Crippen LogP contribution is -2.22. The quantitative estimate of drug-likeness (QED) is 0.528. The van der Waals surface area contributed by atoms with Gasteiger partial charge in [-0.3, -0.25) is 9.59 Å². The molecule has 3 N–H and O–H groups in total. The highest BCUT2D eigenvalue weighted by Crippen LogP contribution is 2.38. The Labute approximate surface area is 175 Å². The molecule has 2 aromatic rings. The number of nitrogens with one attached hydrogen (secondary N) is 1. The third kappa shape index (κ3) is 4.73. The highest BCUT2D eigenvalue weighted by molar-refractivity contribution is 7.17. The van der Waals surface area contributed by atoms with Crippen LogP contribution in [-0.4, -0.2) is 24.4 Å². The fourth-order valence-electron chi connectivity index (χ4n) is 2.88. The minimum atomic E-state index is -0.690. The number of carbonyl (C=O) groups excluding carboxylic acids is 3. The first-order valence-electron chi connectivity index (χ1n) is 8.39. The fourth-order valence-corrected chi connectivity index (χ4v) is 4.50. The van der Waals surface area contributed by atoms with Crippen LogP contribution in [0, 0.1) is 0 Å². The Morgan fingerprint density at radius 3 is 2.71 bits per heavy atom. The standard InChI is InChI=1S/C19H16Cl2N2O4S/c20-12-6-4-10(8-13(12)21)5-7-16(25)27-9-15(24)23-19-17(18(22)26)11-2-1-3-14(11)28-19/h4-8H,1-3,9H2,(H2,22,26)(H,23,24)/b7-5+. The molecule has 0 aliphatic heterocycles. The third-order valence-electron chi connectivity index (χ3n) is 4.12. The van der Waals surface area contributed by atoms with Gasteiger partial charge in [0.05, 0.1) is 15.6 Å². The Hall–Kier alpha value is -2.35. The predicted octanol–water partition coefficient (Wildman–Crippen LogP) is 3.84. The topological polar surface area (TPSA) is 98.5 Å². The summed E-state index contributed by atoms with van der Waals surface area (Å²) in [6.07, 6.45) is 5.29. The molecule has 2 amide bonds. The van der Waals surface area contributed by atoms with Crippen LogP contribution in [-0.2, 0) is 27.2 Å². The van der Waals surface area contributed by atoms with Crippen LogP contribution in [0.4, 0.5) is 5.00 Å². The first-order valence-corrected chi connectivity index (χ1v) is 9.96. The summed E-state index contributed by atoms with van der Waals surface area (Å²) in [4.78, 5) is 36.7. The smallest absolute Gasteiger partial charge is 0.331 e. The summed E-state index contributed by atoms with van der Waals surface area (Å²) in [5.74, 6) is -1.81. The van der Waals surface area contributed by atoms with Gasteiger partial charge in [-0.15, -0.1) is 11.3 Å². The van der Waals surface area contributed by atoms with Crippen LogP contribution in [0.15, 0.2) is 24.3 Å². The number of halogens is 2. The molecule has 0 bridgehead atoms. The second kappa shape index (κ2) is 8.77. The van der Waals surface area contributed by atoms with E-state index in [-0.39, 0.29) is 0 Å². The van der Waals surface area contributed by atoms with Gasteiger partial charge in [0.15, 0.2) is 6.61 Å². The first-order chi connectivity index (χ1) is 13.3. The lowest BCUT2D eigenvalue weighted by atomic mass is 10.1. The normalized spacial score (nSPS) is 12.8. The Morgan fingerprint density at radius 2 is 2.00 bits per heavy atom. The lowest BCUT2D eigenvalue weighted by molar-refractivity contribution is -0.142. The summed E-state index contributed by atoms with van der Waals surface area (Å²) >= 11 is 13.1. The van der Waals surface area contributed by atoms with Crippen molar-refractivity contribution in [3.8, 4) is 0 Å². The number of hydrogen-bond donors (Lipinski definition) is 2. The van der Waals surface area contributed by atoms with Gasteiger partial charge in [0, 0.05) is 11.0 Å². The van der Waals surface area contributed by atoms with Crippen LogP contribution in [0.1, 0.15) is 32.8 Å². The van der Waals surface area contributed by atoms with Crippen LogP contribution >= 0.6 is 34.5 Å². The molecule has 1 heterocycles. The Morgan fingerprint density at radius 1 is 1.21 bits per heavy atom. The van der Waals surface area contributed by atoms with Crippen molar-refractivity contribution in [3.63, 3.8) is 0 Å². The summed E-state index contributed by atoms with van der Waals surface area (Å²) in [7, 11) is 0. The average molecular weight is 439 g/mol. The summed E-state index contributed by atoms with van der Waals surface area (Å²) in [6.45, 7) is -0.481. The van der Waals surface area contributed by atoms with E-state index in [1.165, 1.54) is 23.5 Å². The number of hydrogen-bond acceptors (Lipinski definition) is 5. The maximum absolute atomic E-state index is 12.1. The molecule has 0 saturated carbocycles. The van der Waals surface area contributed by atoms with E-state index >= 15 is 0 Å². The summed E-state index contributed by atoms with van der Waals surface area (Å²) in [5, 5.41) is 3.79. The molecule has 3 rings (SSSR count). The van der Waals surface area contributed by atoms with Crippen molar-refractivity contribution in [2.45, 2.75) is 19.3 Å². The van der Waals surface area contributed by atoms with Crippen molar-refractivity contribution in [3.05, 3.63) is 55.9 Å². The van der Waals surface area contributed by atoms with Gasteiger partial charge in [-0.1, -0.05) is 29.3 Å². The number of ether oxygens (including phenoxy) is 1. The van der Waals surface area contributed by atoms with Gasteiger partial charge in [0.25, 0.3) is 11.8 Å². The van der Waals surface area contributed by atoms with E-state index in [1.807, 2.05) is 0 Å². The second-order valence-electron chi connectivity index (χ2n) is 6.09. The van der Waals surface area contributed by atoms with Crippen molar-refractivity contribution in [1.29, 1.82) is 0 Å². The zero-order valence-electron chi connectivity index (χ0n) is 14.6. The molecule has 1 aliphatic carbocycles. The number of thiophene rings is 1. The molecule has 146 valence electrons. The molecule has 6 nitrogen and oxygen atoms in total. The Balaban J connectivity index is 1.56. The maximum atomic E-state index is 12.1. The van der Waals surface area contributed by atoms with Crippen LogP contribution < -0.4 is 11.1 Å². The molecule has 1 aromatic heterocycles. The van der Waals surface area contributed by atoms with E-state index in [0.717, 1.165) is 29.7 Å². The van der Waals surface area contributed by atoms with Crippen LogP contribution in [0.5, 0.6) is 0 Å². The van der Waals surface area contributed by atoms with E-state index in [9.17, 15) is 14.4 Å². The zero-order valence-corrected chi connectivity index (χ0v) is 16.9.